The Balaban J connectivity index is 2.61. The lowest BCUT2D eigenvalue weighted by atomic mass is 9.89. The van der Waals surface area contributed by atoms with Gasteiger partial charge in [0.1, 0.15) is 0 Å². The average molecular weight is 287 g/mol. The molecule has 0 radical (unpaired) electrons. The zero-order valence-corrected chi connectivity index (χ0v) is 12.6. The molecule has 0 aromatic carbocycles. The Hall–Kier alpha value is -0.310. The molecule has 16 heavy (non-hydrogen) atoms. The van der Waals surface area contributed by atoms with E-state index in [4.69, 9.17) is 0 Å². The molecule has 0 aliphatic heterocycles. The molecule has 0 fully saturated rings. The maximum atomic E-state index is 4.47. The third-order valence-corrected chi connectivity index (χ3v) is 4.71. The lowest BCUT2D eigenvalue weighted by Gasteiger charge is -2.25. The van der Waals surface area contributed by atoms with Crippen LogP contribution in [0.5, 0.6) is 0 Å². The molecular weight excluding hydrogens is 264 g/mol. The lowest BCUT2D eigenvalue weighted by Crippen LogP contribution is -2.21. The zero-order chi connectivity index (χ0) is 12.3. The molecule has 1 heterocycles. The molecule has 1 atom stereocenters. The number of aromatic nitrogens is 2. The average Bonchev–Trinajstić information content (AvgIpc) is 2.53. The van der Waals surface area contributed by atoms with Crippen LogP contribution in [0.15, 0.2) is 6.07 Å². The van der Waals surface area contributed by atoms with E-state index in [0.717, 1.165) is 25.1 Å². The maximum Gasteiger partial charge on any atom is 0.0596 e. The minimum atomic E-state index is 0.326. The van der Waals surface area contributed by atoms with Crippen LogP contribution in [0, 0.1) is 12.3 Å². The van der Waals surface area contributed by atoms with E-state index in [2.05, 4.69) is 66.4 Å². The first-order valence-corrected chi connectivity index (χ1v) is 6.93. The molecule has 0 bridgehead atoms. The molecule has 3 heteroatoms. The van der Waals surface area contributed by atoms with Crippen LogP contribution < -0.4 is 0 Å². The molecule has 92 valence electrons. The zero-order valence-electron chi connectivity index (χ0n) is 11.0. The Kier molecular flexibility index (Phi) is 4.60. The molecule has 1 unspecified atom stereocenters. The normalized spacial score (nSPS) is 14.1. The fraction of sp³-hybridized carbons (Fsp3) is 0.769. The van der Waals surface area contributed by atoms with Crippen molar-refractivity contribution >= 4 is 15.9 Å². The highest BCUT2D eigenvalue weighted by atomic mass is 79.9. The maximum absolute atomic E-state index is 4.47. The Bertz CT molecular complexity index is 336. The quantitative estimate of drug-likeness (QED) is 0.767. The summed E-state index contributed by atoms with van der Waals surface area (Å²) in [5, 5.41) is 4.47. The van der Waals surface area contributed by atoms with Crippen LogP contribution in [0.4, 0.5) is 0 Å². The fourth-order valence-corrected chi connectivity index (χ4v) is 2.01. The standard InChI is InChI=1S/C13H23BrN2/c1-6-16-11(9-10(2)15-16)7-8-12(14)13(3,4)5/h9,12H,6-8H2,1-5H3. The van der Waals surface area contributed by atoms with Crippen LogP contribution in [-0.4, -0.2) is 14.6 Å². The predicted octanol–water partition coefficient (Wildman–Crippen LogP) is 3.95. The van der Waals surface area contributed by atoms with Gasteiger partial charge in [-0.25, -0.2) is 0 Å². The van der Waals surface area contributed by atoms with E-state index in [9.17, 15) is 0 Å². The van der Waals surface area contributed by atoms with Gasteiger partial charge in [-0.1, -0.05) is 36.7 Å². The first-order chi connectivity index (χ1) is 7.34. The van der Waals surface area contributed by atoms with Gasteiger partial charge < -0.3 is 0 Å². The van der Waals surface area contributed by atoms with Crippen LogP contribution in [0.3, 0.4) is 0 Å². The van der Waals surface area contributed by atoms with E-state index in [0.29, 0.717) is 10.2 Å². The van der Waals surface area contributed by atoms with Crippen molar-refractivity contribution < 1.29 is 0 Å². The van der Waals surface area contributed by atoms with Crippen molar-refractivity contribution in [2.24, 2.45) is 5.41 Å². The molecular formula is C13H23BrN2. The number of hydrogen-bond acceptors (Lipinski definition) is 1. The van der Waals surface area contributed by atoms with E-state index in [1.54, 1.807) is 0 Å². The summed E-state index contributed by atoms with van der Waals surface area (Å²) in [6.45, 7) is 12.0. The van der Waals surface area contributed by atoms with Crippen molar-refractivity contribution in [2.75, 3.05) is 0 Å². The summed E-state index contributed by atoms with van der Waals surface area (Å²) in [5.41, 5.74) is 2.80. The summed E-state index contributed by atoms with van der Waals surface area (Å²) >= 11 is 3.78. The predicted molar refractivity (Wildman–Crippen MR) is 73.1 cm³/mol. The van der Waals surface area contributed by atoms with E-state index in [1.807, 2.05) is 0 Å². The smallest absolute Gasteiger partial charge is 0.0596 e. The minimum Gasteiger partial charge on any atom is -0.270 e. The first kappa shape index (κ1) is 13.8. The van der Waals surface area contributed by atoms with E-state index >= 15 is 0 Å². The molecule has 0 N–H and O–H groups in total. The molecule has 0 amide bonds. The number of nitrogens with zero attached hydrogens (tertiary/aromatic N) is 2. The van der Waals surface area contributed by atoms with Crippen LogP contribution in [-0.2, 0) is 13.0 Å². The van der Waals surface area contributed by atoms with Crippen molar-refractivity contribution in [1.29, 1.82) is 0 Å². The van der Waals surface area contributed by atoms with E-state index < -0.39 is 0 Å². The number of aryl methyl sites for hydroxylation is 3. The molecule has 1 aromatic heterocycles. The highest BCUT2D eigenvalue weighted by Gasteiger charge is 2.21. The van der Waals surface area contributed by atoms with Crippen molar-refractivity contribution in [3.63, 3.8) is 0 Å². The second kappa shape index (κ2) is 5.35. The van der Waals surface area contributed by atoms with Gasteiger partial charge in [0.2, 0.25) is 0 Å². The summed E-state index contributed by atoms with van der Waals surface area (Å²) in [6, 6.07) is 2.20. The third kappa shape index (κ3) is 3.62. The minimum absolute atomic E-state index is 0.326. The molecule has 1 rings (SSSR count). The summed E-state index contributed by atoms with van der Waals surface area (Å²) in [6.07, 6.45) is 2.26. The van der Waals surface area contributed by atoms with Crippen LogP contribution >= 0.6 is 15.9 Å². The monoisotopic (exact) mass is 286 g/mol. The second-order valence-corrected chi connectivity index (χ2v) is 6.57. The Morgan fingerprint density at radius 2 is 2.06 bits per heavy atom. The third-order valence-electron chi connectivity index (χ3n) is 2.88. The molecule has 0 aliphatic rings. The SMILES string of the molecule is CCn1nc(C)cc1CCC(Br)C(C)(C)C. The number of alkyl halides is 1. The summed E-state index contributed by atoms with van der Waals surface area (Å²) < 4.78 is 2.11. The van der Waals surface area contributed by atoms with Gasteiger partial charge in [0, 0.05) is 17.1 Å². The number of halogens is 1. The van der Waals surface area contributed by atoms with Crippen LogP contribution in [0.25, 0.3) is 0 Å². The van der Waals surface area contributed by atoms with Gasteiger partial charge in [0.25, 0.3) is 0 Å². The van der Waals surface area contributed by atoms with Gasteiger partial charge >= 0.3 is 0 Å². The summed E-state index contributed by atoms with van der Waals surface area (Å²) in [7, 11) is 0. The van der Waals surface area contributed by atoms with Gasteiger partial charge in [-0.05, 0) is 38.2 Å². The van der Waals surface area contributed by atoms with Gasteiger partial charge in [-0.2, -0.15) is 5.10 Å². The second-order valence-electron chi connectivity index (χ2n) is 5.47. The highest BCUT2D eigenvalue weighted by Crippen LogP contribution is 2.29. The van der Waals surface area contributed by atoms with Crippen molar-refractivity contribution in [1.82, 2.24) is 9.78 Å². The van der Waals surface area contributed by atoms with Crippen molar-refractivity contribution in [3.8, 4) is 0 Å². The van der Waals surface area contributed by atoms with Crippen LogP contribution in [0.2, 0.25) is 0 Å². The van der Waals surface area contributed by atoms with Crippen molar-refractivity contribution in [3.05, 3.63) is 17.5 Å². The topological polar surface area (TPSA) is 17.8 Å². The van der Waals surface area contributed by atoms with Gasteiger partial charge in [0.15, 0.2) is 0 Å². The lowest BCUT2D eigenvalue weighted by molar-refractivity contribution is 0.383. The van der Waals surface area contributed by atoms with E-state index in [-0.39, 0.29) is 0 Å². The molecule has 0 spiro atoms. The van der Waals surface area contributed by atoms with Crippen LogP contribution in [0.1, 0.15) is 45.5 Å². The molecule has 1 aromatic rings. The van der Waals surface area contributed by atoms with Crippen molar-refractivity contribution in [2.45, 2.75) is 58.8 Å². The molecule has 0 saturated carbocycles. The summed E-state index contributed by atoms with van der Waals surface area (Å²) in [4.78, 5) is 0.556. The largest absolute Gasteiger partial charge is 0.270 e. The molecule has 0 aliphatic carbocycles. The first-order valence-electron chi connectivity index (χ1n) is 6.02. The summed E-state index contributed by atoms with van der Waals surface area (Å²) in [5.74, 6) is 0. The fourth-order valence-electron chi connectivity index (χ4n) is 1.78. The van der Waals surface area contributed by atoms with Gasteiger partial charge in [0.05, 0.1) is 5.69 Å². The Morgan fingerprint density at radius 3 is 2.56 bits per heavy atom. The number of hydrogen-bond donors (Lipinski definition) is 0. The Labute approximate surface area is 108 Å². The van der Waals surface area contributed by atoms with E-state index in [1.165, 1.54) is 5.69 Å². The molecule has 0 saturated heterocycles. The highest BCUT2D eigenvalue weighted by molar-refractivity contribution is 9.09. The molecule has 2 nitrogen and oxygen atoms in total. The van der Waals surface area contributed by atoms with Gasteiger partial charge in [-0.15, -0.1) is 0 Å². The Morgan fingerprint density at radius 1 is 1.44 bits per heavy atom. The number of rotatable bonds is 4. The van der Waals surface area contributed by atoms with Gasteiger partial charge in [-0.3, -0.25) is 4.68 Å².